The van der Waals surface area contributed by atoms with E-state index in [-0.39, 0.29) is 5.54 Å². The van der Waals surface area contributed by atoms with Gasteiger partial charge in [0.15, 0.2) is 0 Å². The van der Waals surface area contributed by atoms with Crippen LogP contribution in [0, 0.1) is 11.3 Å². The normalized spacial score (nSPS) is 12.9. The zero-order valence-corrected chi connectivity index (χ0v) is 10.5. The largest absolute Gasteiger partial charge is 0.372 e. The van der Waals surface area contributed by atoms with Crippen LogP contribution < -0.4 is 10.6 Å². The van der Waals surface area contributed by atoms with Gasteiger partial charge in [0.25, 0.3) is 0 Å². The smallest absolute Gasteiger partial charge is 0.137 e. The van der Waals surface area contributed by atoms with Crippen molar-refractivity contribution >= 4 is 5.69 Å². The summed E-state index contributed by atoms with van der Waals surface area (Å²) in [5.41, 5.74) is 1.14. The van der Waals surface area contributed by atoms with E-state index in [1.54, 1.807) is 18.2 Å². The first-order chi connectivity index (χ1) is 7.92. The summed E-state index contributed by atoms with van der Waals surface area (Å²) in [4.78, 5) is 0. The van der Waals surface area contributed by atoms with Crippen LogP contribution >= 0.6 is 0 Å². The lowest BCUT2D eigenvalue weighted by Gasteiger charge is -2.24. The molecule has 0 saturated heterocycles. The number of aliphatic hydroxyl groups excluding tert-OH is 1. The third kappa shape index (κ3) is 4.85. The molecule has 1 aromatic rings. The number of aliphatic hydroxyl groups is 1. The van der Waals surface area contributed by atoms with Crippen molar-refractivity contribution in [3.8, 4) is 6.07 Å². The van der Waals surface area contributed by atoms with Crippen LogP contribution in [-0.2, 0) is 0 Å². The lowest BCUT2D eigenvalue weighted by Crippen LogP contribution is -2.43. The van der Waals surface area contributed by atoms with Gasteiger partial charge in [-0.15, -0.1) is 0 Å². The molecular weight excluding hydrogens is 214 g/mol. The van der Waals surface area contributed by atoms with Gasteiger partial charge >= 0.3 is 0 Å². The van der Waals surface area contributed by atoms with Crippen LogP contribution in [0.25, 0.3) is 0 Å². The van der Waals surface area contributed by atoms with Crippen molar-refractivity contribution < 1.29 is 5.11 Å². The van der Waals surface area contributed by atoms with Crippen LogP contribution in [0.15, 0.2) is 24.3 Å². The second-order valence-electron chi connectivity index (χ2n) is 4.95. The van der Waals surface area contributed by atoms with Gasteiger partial charge in [0.2, 0.25) is 0 Å². The van der Waals surface area contributed by atoms with E-state index in [1.807, 2.05) is 26.8 Å². The Balaban J connectivity index is 2.57. The van der Waals surface area contributed by atoms with E-state index in [0.717, 1.165) is 0 Å². The minimum Gasteiger partial charge on any atom is -0.372 e. The second-order valence-corrected chi connectivity index (χ2v) is 4.95. The van der Waals surface area contributed by atoms with Crippen molar-refractivity contribution in [3.05, 3.63) is 29.8 Å². The minimum atomic E-state index is -0.719. The van der Waals surface area contributed by atoms with Crippen molar-refractivity contribution in [1.29, 1.82) is 5.26 Å². The van der Waals surface area contributed by atoms with E-state index in [9.17, 15) is 5.11 Å². The molecule has 0 aromatic heterocycles. The van der Waals surface area contributed by atoms with Gasteiger partial charge in [-0.25, -0.2) is 0 Å². The van der Waals surface area contributed by atoms with Gasteiger partial charge in [-0.1, -0.05) is 12.1 Å². The van der Waals surface area contributed by atoms with E-state index in [2.05, 4.69) is 16.7 Å². The van der Waals surface area contributed by atoms with Gasteiger partial charge in [0.05, 0.1) is 11.3 Å². The first kappa shape index (κ1) is 13.5. The third-order valence-electron chi connectivity index (χ3n) is 2.20. The highest BCUT2D eigenvalue weighted by atomic mass is 16.3. The predicted molar refractivity (Wildman–Crippen MR) is 68.5 cm³/mol. The molecule has 1 atom stereocenters. The summed E-state index contributed by atoms with van der Waals surface area (Å²) in [5, 5.41) is 24.8. The number of hydrogen-bond acceptors (Lipinski definition) is 4. The lowest BCUT2D eigenvalue weighted by atomic mass is 10.1. The van der Waals surface area contributed by atoms with Gasteiger partial charge in [-0.05, 0) is 32.9 Å². The predicted octanol–water partition coefficient (Wildman–Crippen LogP) is 1.68. The molecule has 4 heteroatoms. The SMILES string of the molecule is CC(C)(C)NCC(O)Nc1ccccc1C#N. The summed E-state index contributed by atoms with van der Waals surface area (Å²) in [5.74, 6) is 0. The molecule has 0 aliphatic heterocycles. The molecule has 0 aliphatic carbocycles. The average molecular weight is 233 g/mol. The molecule has 92 valence electrons. The summed E-state index contributed by atoms with van der Waals surface area (Å²) >= 11 is 0. The molecule has 0 fully saturated rings. The molecule has 1 aromatic carbocycles. The number of para-hydroxylation sites is 1. The molecule has 0 saturated carbocycles. The van der Waals surface area contributed by atoms with Crippen LogP contribution in [0.3, 0.4) is 0 Å². The summed E-state index contributed by atoms with van der Waals surface area (Å²) in [7, 11) is 0. The Hall–Kier alpha value is -1.57. The van der Waals surface area contributed by atoms with E-state index < -0.39 is 6.23 Å². The summed E-state index contributed by atoms with van der Waals surface area (Å²) in [6, 6.07) is 9.19. The Morgan fingerprint density at radius 1 is 1.35 bits per heavy atom. The molecule has 17 heavy (non-hydrogen) atoms. The van der Waals surface area contributed by atoms with Crippen molar-refractivity contribution in [3.63, 3.8) is 0 Å². The molecule has 4 nitrogen and oxygen atoms in total. The minimum absolute atomic E-state index is 0.0442. The van der Waals surface area contributed by atoms with Gasteiger partial charge in [-0.3, -0.25) is 0 Å². The molecule has 0 aliphatic rings. The topological polar surface area (TPSA) is 68.1 Å². The maximum atomic E-state index is 9.80. The van der Waals surface area contributed by atoms with Crippen molar-refractivity contribution in [1.82, 2.24) is 5.32 Å². The number of nitrogens with one attached hydrogen (secondary N) is 2. The van der Waals surface area contributed by atoms with Gasteiger partial charge < -0.3 is 15.7 Å². The van der Waals surface area contributed by atoms with Crippen LogP contribution in [0.4, 0.5) is 5.69 Å². The van der Waals surface area contributed by atoms with Crippen molar-refractivity contribution in [2.24, 2.45) is 0 Å². The van der Waals surface area contributed by atoms with Gasteiger partial charge in [0, 0.05) is 12.1 Å². The van der Waals surface area contributed by atoms with E-state index in [1.165, 1.54) is 0 Å². The van der Waals surface area contributed by atoms with Gasteiger partial charge in [-0.2, -0.15) is 5.26 Å². The first-order valence-electron chi connectivity index (χ1n) is 5.61. The van der Waals surface area contributed by atoms with Crippen LogP contribution in [-0.4, -0.2) is 23.4 Å². The van der Waals surface area contributed by atoms with E-state index >= 15 is 0 Å². The number of β-amino-alcohol motifs (C(OH)–C–C–N with tert-alkyl or cyclic N) is 1. The van der Waals surface area contributed by atoms with E-state index in [0.29, 0.717) is 17.8 Å². The highest BCUT2D eigenvalue weighted by Crippen LogP contribution is 2.14. The Morgan fingerprint density at radius 3 is 2.59 bits per heavy atom. The Bertz CT molecular complexity index is 404. The van der Waals surface area contributed by atoms with E-state index in [4.69, 9.17) is 5.26 Å². The number of nitriles is 1. The highest BCUT2D eigenvalue weighted by Gasteiger charge is 2.12. The van der Waals surface area contributed by atoms with Crippen LogP contribution in [0.2, 0.25) is 0 Å². The maximum absolute atomic E-state index is 9.80. The maximum Gasteiger partial charge on any atom is 0.137 e. The Morgan fingerprint density at radius 2 is 2.00 bits per heavy atom. The highest BCUT2D eigenvalue weighted by molar-refractivity contribution is 5.57. The summed E-state index contributed by atoms with van der Waals surface area (Å²) in [6.45, 7) is 6.51. The number of rotatable bonds is 4. The van der Waals surface area contributed by atoms with Crippen molar-refractivity contribution in [2.75, 3.05) is 11.9 Å². The quantitative estimate of drug-likeness (QED) is 0.692. The molecule has 1 rings (SSSR count). The average Bonchev–Trinajstić information content (AvgIpc) is 2.26. The number of benzene rings is 1. The first-order valence-corrected chi connectivity index (χ1v) is 5.61. The Labute approximate surface area is 102 Å². The van der Waals surface area contributed by atoms with Crippen LogP contribution in [0.1, 0.15) is 26.3 Å². The third-order valence-corrected chi connectivity index (χ3v) is 2.20. The molecule has 3 N–H and O–H groups in total. The fraction of sp³-hybridized carbons (Fsp3) is 0.462. The second kappa shape index (κ2) is 5.67. The molecule has 0 spiro atoms. The monoisotopic (exact) mass is 233 g/mol. The number of anilines is 1. The molecule has 0 heterocycles. The molecule has 0 amide bonds. The molecule has 1 unspecified atom stereocenters. The zero-order valence-electron chi connectivity index (χ0n) is 10.5. The number of nitrogens with zero attached hydrogens (tertiary/aromatic N) is 1. The lowest BCUT2D eigenvalue weighted by molar-refractivity contribution is 0.187. The number of hydrogen-bond donors (Lipinski definition) is 3. The molecular formula is C13H19N3O. The van der Waals surface area contributed by atoms with Crippen molar-refractivity contribution in [2.45, 2.75) is 32.5 Å². The molecule has 0 bridgehead atoms. The summed E-state index contributed by atoms with van der Waals surface area (Å²) in [6.07, 6.45) is -0.719. The summed E-state index contributed by atoms with van der Waals surface area (Å²) < 4.78 is 0. The fourth-order valence-corrected chi connectivity index (χ4v) is 1.34. The fourth-order valence-electron chi connectivity index (χ4n) is 1.34. The van der Waals surface area contributed by atoms with Crippen LogP contribution in [0.5, 0.6) is 0 Å². The molecule has 0 radical (unpaired) electrons. The van der Waals surface area contributed by atoms with Gasteiger partial charge in [0.1, 0.15) is 12.3 Å². The Kier molecular flexibility index (Phi) is 4.50. The standard InChI is InChI=1S/C13H19N3O/c1-13(2,3)15-9-12(17)16-11-7-5-4-6-10(11)8-14/h4-7,12,15-17H,9H2,1-3H3. The zero-order chi connectivity index (χ0) is 12.9.